The zero-order chi connectivity index (χ0) is 14.8. The third-order valence-electron chi connectivity index (χ3n) is 3.60. The molecule has 0 saturated heterocycles. The molecule has 3 rings (SSSR count). The molecule has 2 nitrogen and oxygen atoms in total. The van der Waals surface area contributed by atoms with Crippen molar-refractivity contribution in [2.75, 3.05) is 0 Å². The Morgan fingerprint density at radius 2 is 1.86 bits per heavy atom. The first-order chi connectivity index (χ1) is 10.2. The van der Waals surface area contributed by atoms with Gasteiger partial charge >= 0.3 is 0 Å². The van der Waals surface area contributed by atoms with Crippen molar-refractivity contribution in [3.8, 4) is 11.3 Å². The molecule has 1 atom stereocenters. The van der Waals surface area contributed by atoms with Crippen molar-refractivity contribution in [3.63, 3.8) is 0 Å². The molecule has 3 aromatic rings. The molecule has 1 heterocycles. The number of hydrogen-bond donors (Lipinski definition) is 1. The predicted octanol–water partition coefficient (Wildman–Crippen LogP) is 5.48. The highest BCUT2D eigenvalue weighted by Gasteiger charge is 2.14. The van der Waals surface area contributed by atoms with Gasteiger partial charge in [0.05, 0.1) is 11.7 Å². The second-order valence-electron chi connectivity index (χ2n) is 4.95. The third-order valence-corrected chi connectivity index (χ3v) is 4.15. The van der Waals surface area contributed by atoms with Crippen LogP contribution in [0.15, 0.2) is 60.8 Å². The van der Waals surface area contributed by atoms with E-state index in [-0.39, 0.29) is 6.04 Å². The molecule has 0 aliphatic rings. The molecular formula is C17H15ClN2S. The van der Waals surface area contributed by atoms with E-state index in [1.54, 1.807) is 0 Å². The molecule has 0 spiro atoms. The maximum atomic E-state index is 6.10. The molecule has 1 unspecified atom stereocenters. The van der Waals surface area contributed by atoms with Crippen LogP contribution in [0.2, 0.25) is 5.02 Å². The molecule has 2 aromatic carbocycles. The van der Waals surface area contributed by atoms with Gasteiger partial charge in [0.25, 0.3) is 0 Å². The van der Waals surface area contributed by atoms with Crippen LogP contribution in [0.25, 0.3) is 11.3 Å². The Morgan fingerprint density at radius 1 is 1.10 bits per heavy atom. The number of imidazole rings is 1. The lowest BCUT2D eigenvalue weighted by Crippen LogP contribution is -2.08. The van der Waals surface area contributed by atoms with Crippen LogP contribution < -0.4 is 0 Å². The molecule has 0 fully saturated rings. The summed E-state index contributed by atoms with van der Waals surface area (Å²) in [6, 6.07) is 18.2. The fourth-order valence-corrected chi connectivity index (χ4v) is 3.02. The smallest absolute Gasteiger partial charge is 0.178 e. The van der Waals surface area contributed by atoms with Gasteiger partial charge in [0.15, 0.2) is 4.77 Å². The lowest BCUT2D eigenvalue weighted by molar-refractivity contribution is 0.636. The third kappa shape index (κ3) is 2.80. The van der Waals surface area contributed by atoms with E-state index in [1.807, 2.05) is 42.6 Å². The quantitative estimate of drug-likeness (QED) is 0.635. The van der Waals surface area contributed by atoms with Gasteiger partial charge < -0.3 is 9.55 Å². The lowest BCUT2D eigenvalue weighted by Gasteiger charge is -2.17. The second-order valence-corrected chi connectivity index (χ2v) is 5.77. The average Bonchev–Trinajstić information content (AvgIpc) is 2.89. The van der Waals surface area contributed by atoms with E-state index in [2.05, 4.69) is 34.7 Å². The summed E-state index contributed by atoms with van der Waals surface area (Å²) in [6.45, 7) is 2.13. The summed E-state index contributed by atoms with van der Waals surface area (Å²) in [5.41, 5.74) is 3.35. The van der Waals surface area contributed by atoms with Crippen LogP contribution in [0, 0.1) is 4.77 Å². The lowest BCUT2D eigenvalue weighted by atomic mass is 10.1. The van der Waals surface area contributed by atoms with Crippen molar-refractivity contribution in [1.82, 2.24) is 9.55 Å². The zero-order valence-electron chi connectivity index (χ0n) is 11.6. The van der Waals surface area contributed by atoms with Crippen molar-refractivity contribution < 1.29 is 0 Å². The molecule has 0 amide bonds. The topological polar surface area (TPSA) is 20.7 Å². The standard InChI is InChI=1S/C17H15ClN2S/c1-12(14-8-5-9-15(18)10-14)20-16(11-19-17(20)21)13-6-3-2-4-7-13/h2-12H,1H3,(H,19,21). The SMILES string of the molecule is CC(c1cccc(Cl)c1)n1c(-c2ccccc2)c[nH]c1=S. The van der Waals surface area contributed by atoms with Gasteiger partial charge in [0.2, 0.25) is 0 Å². The number of aromatic amines is 1. The van der Waals surface area contributed by atoms with E-state index in [9.17, 15) is 0 Å². The van der Waals surface area contributed by atoms with Crippen molar-refractivity contribution >= 4 is 23.8 Å². The molecule has 106 valence electrons. The Labute approximate surface area is 134 Å². The number of hydrogen-bond acceptors (Lipinski definition) is 1. The van der Waals surface area contributed by atoms with Crippen LogP contribution in [0.1, 0.15) is 18.5 Å². The van der Waals surface area contributed by atoms with E-state index in [4.69, 9.17) is 23.8 Å². The van der Waals surface area contributed by atoms with E-state index < -0.39 is 0 Å². The van der Waals surface area contributed by atoms with Gasteiger partial charge in [-0.2, -0.15) is 0 Å². The molecule has 0 bridgehead atoms. The molecule has 0 radical (unpaired) electrons. The molecule has 0 aliphatic carbocycles. The number of nitrogens with one attached hydrogen (secondary N) is 1. The Hall–Kier alpha value is -1.84. The Morgan fingerprint density at radius 3 is 2.57 bits per heavy atom. The molecule has 4 heteroatoms. The van der Waals surface area contributed by atoms with Crippen molar-refractivity contribution in [2.24, 2.45) is 0 Å². The Kier molecular flexibility index (Phi) is 3.95. The summed E-state index contributed by atoms with van der Waals surface area (Å²) in [5.74, 6) is 0. The van der Waals surface area contributed by atoms with Gasteiger partial charge in [0.1, 0.15) is 0 Å². The van der Waals surface area contributed by atoms with Gasteiger partial charge in [-0.1, -0.05) is 54.1 Å². The van der Waals surface area contributed by atoms with Gasteiger partial charge in [-0.05, 0) is 42.4 Å². The van der Waals surface area contributed by atoms with E-state index >= 15 is 0 Å². The monoisotopic (exact) mass is 314 g/mol. The maximum absolute atomic E-state index is 6.10. The average molecular weight is 315 g/mol. The summed E-state index contributed by atoms with van der Waals surface area (Å²) >= 11 is 11.6. The minimum absolute atomic E-state index is 0.109. The van der Waals surface area contributed by atoms with E-state index in [0.717, 1.165) is 21.8 Å². The summed E-state index contributed by atoms with van der Waals surface area (Å²) in [6.07, 6.45) is 1.96. The Balaban J connectivity index is 2.11. The number of H-pyrrole nitrogens is 1. The van der Waals surface area contributed by atoms with Crippen LogP contribution in [-0.2, 0) is 0 Å². The van der Waals surface area contributed by atoms with Crippen LogP contribution in [0.3, 0.4) is 0 Å². The first-order valence-corrected chi connectivity index (χ1v) is 7.56. The minimum atomic E-state index is 0.109. The fraction of sp³-hybridized carbons (Fsp3) is 0.118. The summed E-state index contributed by atoms with van der Waals surface area (Å²) < 4.78 is 2.83. The number of nitrogens with zero attached hydrogens (tertiary/aromatic N) is 1. The molecule has 0 saturated carbocycles. The molecule has 0 aliphatic heterocycles. The number of halogens is 1. The van der Waals surface area contributed by atoms with Crippen molar-refractivity contribution in [2.45, 2.75) is 13.0 Å². The summed E-state index contributed by atoms with van der Waals surface area (Å²) in [7, 11) is 0. The summed E-state index contributed by atoms with van der Waals surface area (Å²) in [4.78, 5) is 3.15. The van der Waals surface area contributed by atoms with Gasteiger partial charge in [0, 0.05) is 11.2 Å². The fourth-order valence-electron chi connectivity index (χ4n) is 2.51. The largest absolute Gasteiger partial charge is 0.337 e. The highest BCUT2D eigenvalue weighted by molar-refractivity contribution is 7.71. The van der Waals surface area contributed by atoms with Gasteiger partial charge in [-0.3, -0.25) is 0 Å². The second kappa shape index (κ2) is 5.88. The van der Waals surface area contributed by atoms with E-state index in [1.165, 1.54) is 0 Å². The number of aromatic nitrogens is 2. The van der Waals surface area contributed by atoms with Crippen LogP contribution >= 0.6 is 23.8 Å². The predicted molar refractivity (Wildman–Crippen MR) is 90.3 cm³/mol. The van der Waals surface area contributed by atoms with Crippen molar-refractivity contribution in [3.05, 3.63) is 76.2 Å². The molecular weight excluding hydrogens is 300 g/mol. The first kappa shape index (κ1) is 14.1. The Bertz CT molecular complexity index is 805. The highest BCUT2D eigenvalue weighted by atomic mass is 35.5. The minimum Gasteiger partial charge on any atom is -0.337 e. The number of rotatable bonds is 3. The molecule has 21 heavy (non-hydrogen) atoms. The van der Waals surface area contributed by atoms with Gasteiger partial charge in [-0.25, -0.2) is 0 Å². The van der Waals surface area contributed by atoms with E-state index in [0.29, 0.717) is 4.77 Å². The maximum Gasteiger partial charge on any atom is 0.178 e. The van der Waals surface area contributed by atoms with Crippen LogP contribution in [-0.4, -0.2) is 9.55 Å². The zero-order valence-corrected chi connectivity index (χ0v) is 13.2. The normalized spacial score (nSPS) is 12.3. The highest BCUT2D eigenvalue weighted by Crippen LogP contribution is 2.28. The molecule has 1 aromatic heterocycles. The van der Waals surface area contributed by atoms with Crippen LogP contribution in [0.4, 0.5) is 0 Å². The summed E-state index contributed by atoms with van der Waals surface area (Å²) in [5, 5.41) is 0.739. The van der Waals surface area contributed by atoms with Gasteiger partial charge in [-0.15, -0.1) is 0 Å². The number of benzene rings is 2. The van der Waals surface area contributed by atoms with Crippen LogP contribution in [0.5, 0.6) is 0 Å². The first-order valence-electron chi connectivity index (χ1n) is 6.77. The van der Waals surface area contributed by atoms with Crippen molar-refractivity contribution in [1.29, 1.82) is 0 Å². The molecule has 1 N–H and O–H groups in total.